The first-order valence-electron chi connectivity index (χ1n) is 4.62. The third-order valence-corrected chi connectivity index (χ3v) is 2.11. The Morgan fingerprint density at radius 3 is 2.69 bits per heavy atom. The zero-order valence-corrected chi connectivity index (χ0v) is 8.22. The summed E-state index contributed by atoms with van der Waals surface area (Å²) in [6.45, 7) is 0. The molecule has 3 nitrogen and oxygen atoms in total. The molecule has 1 N–H and O–H groups in total. The first kappa shape index (κ1) is 10.3. The molecular formula is C12H8FNO2. The highest BCUT2D eigenvalue weighted by molar-refractivity contribution is 5.89. The SMILES string of the molecule is O=C(O)c1cc(F)cc(-c2ccccn2)c1. The van der Waals surface area contributed by atoms with E-state index >= 15 is 0 Å². The molecule has 0 aliphatic heterocycles. The van der Waals surface area contributed by atoms with Crippen LogP contribution in [0.3, 0.4) is 0 Å². The van der Waals surface area contributed by atoms with E-state index in [1.54, 1.807) is 24.4 Å². The fourth-order valence-corrected chi connectivity index (χ4v) is 1.39. The summed E-state index contributed by atoms with van der Waals surface area (Å²) in [5, 5.41) is 8.79. The first-order valence-corrected chi connectivity index (χ1v) is 4.62. The monoisotopic (exact) mass is 217 g/mol. The van der Waals surface area contributed by atoms with Crippen molar-refractivity contribution in [2.75, 3.05) is 0 Å². The summed E-state index contributed by atoms with van der Waals surface area (Å²) in [4.78, 5) is 14.8. The van der Waals surface area contributed by atoms with Gasteiger partial charge in [-0.1, -0.05) is 6.07 Å². The lowest BCUT2D eigenvalue weighted by atomic mass is 10.1. The summed E-state index contributed by atoms with van der Waals surface area (Å²) < 4.78 is 13.2. The minimum Gasteiger partial charge on any atom is -0.478 e. The van der Waals surface area contributed by atoms with E-state index in [9.17, 15) is 9.18 Å². The van der Waals surface area contributed by atoms with E-state index < -0.39 is 11.8 Å². The number of carbonyl (C=O) groups is 1. The predicted molar refractivity (Wildman–Crippen MR) is 56.6 cm³/mol. The Hall–Kier alpha value is -2.23. The van der Waals surface area contributed by atoms with E-state index in [2.05, 4.69) is 4.98 Å². The third kappa shape index (κ3) is 2.06. The van der Waals surface area contributed by atoms with E-state index in [1.165, 1.54) is 12.1 Å². The van der Waals surface area contributed by atoms with Gasteiger partial charge < -0.3 is 5.11 Å². The van der Waals surface area contributed by atoms with Crippen molar-refractivity contribution in [2.24, 2.45) is 0 Å². The van der Waals surface area contributed by atoms with Crippen molar-refractivity contribution in [3.05, 3.63) is 54.0 Å². The summed E-state index contributed by atoms with van der Waals surface area (Å²) in [6.07, 6.45) is 1.57. The molecule has 2 rings (SSSR count). The Morgan fingerprint density at radius 1 is 1.25 bits per heavy atom. The summed E-state index contributed by atoms with van der Waals surface area (Å²) in [6, 6.07) is 8.83. The topological polar surface area (TPSA) is 50.2 Å². The van der Waals surface area contributed by atoms with Gasteiger partial charge in [0.2, 0.25) is 0 Å². The highest BCUT2D eigenvalue weighted by atomic mass is 19.1. The Bertz CT molecular complexity index is 526. The first-order chi connectivity index (χ1) is 7.66. The number of pyridine rings is 1. The average Bonchev–Trinajstić information content (AvgIpc) is 2.29. The second kappa shape index (κ2) is 4.10. The van der Waals surface area contributed by atoms with Gasteiger partial charge in [-0.05, 0) is 30.3 Å². The maximum absolute atomic E-state index is 13.2. The van der Waals surface area contributed by atoms with Gasteiger partial charge in [0.15, 0.2) is 0 Å². The van der Waals surface area contributed by atoms with Crippen molar-refractivity contribution in [1.82, 2.24) is 4.98 Å². The van der Waals surface area contributed by atoms with Crippen LogP contribution in [0, 0.1) is 5.82 Å². The molecule has 1 heterocycles. The lowest BCUT2D eigenvalue weighted by Gasteiger charge is -2.02. The second-order valence-electron chi connectivity index (χ2n) is 3.25. The number of halogens is 1. The van der Waals surface area contributed by atoms with Crippen LogP contribution in [0.25, 0.3) is 11.3 Å². The second-order valence-corrected chi connectivity index (χ2v) is 3.25. The van der Waals surface area contributed by atoms with Crippen molar-refractivity contribution in [3.63, 3.8) is 0 Å². The molecule has 0 unspecified atom stereocenters. The van der Waals surface area contributed by atoms with Crippen LogP contribution in [0.1, 0.15) is 10.4 Å². The van der Waals surface area contributed by atoms with Gasteiger partial charge in [-0.25, -0.2) is 9.18 Å². The van der Waals surface area contributed by atoms with Gasteiger partial charge >= 0.3 is 5.97 Å². The Balaban J connectivity index is 2.54. The zero-order chi connectivity index (χ0) is 11.5. The average molecular weight is 217 g/mol. The molecule has 0 fully saturated rings. The van der Waals surface area contributed by atoms with Crippen LogP contribution in [0.5, 0.6) is 0 Å². The highest BCUT2D eigenvalue weighted by Crippen LogP contribution is 2.19. The lowest BCUT2D eigenvalue weighted by Crippen LogP contribution is -1.98. The molecule has 1 aromatic heterocycles. The number of hydrogen-bond acceptors (Lipinski definition) is 2. The van der Waals surface area contributed by atoms with Crippen LogP contribution >= 0.6 is 0 Å². The van der Waals surface area contributed by atoms with Crippen LogP contribution in [-0.4, -0.2) is 16.1 Å². The number of carboxylic acids is 1. The van der Waals surface area contributed by atoms with E-state index in [4.69, 9.17) is 5.11 Å². The quantitative estimate of drug-likeness (QED) is 0.841. The van der Waals surface area contributed by atoms with Gasteiger partial charge in [0.05, 0.1) is 11.3 Å². The van der Waals surface area contributed by atoms with E-state index in [1.807, 2.05) is 0 Å². The number of benzene rings is 1. The number of aromatic nitrogens is 1. The van der Waals surface area contributed by atoms with Gasteiger partial charge in [-0.2, -0.15) is 0 Å². The predicted octanol–water partition coefficient (Wildman–Crippen LogP) is 2.59. The van der Waals surface area contributed by atoms with Gasteiger partial charge in [-0.15, -0.1) is 0 Å². The van der Waals surface area contributed by atoms with Crippen molar-refractivity contribution in [3.8, 4) is 11.3 Å². The molecule has 0 amide bonds. The van der Waals surface area contributed by atoms with Crippen LogP contribution in [-0.2, 0) is 0 Å². The molecule has 4 heteroatoms. The maximum Gasteiger partial charge on any atom is 0.335 e. The normalized spacial score (nSPS) is 10.1. The minimum atomic E-state index is -1.16. The molecule has 0 aliphatic carbocycles. The Kier molecular flexibility index (Phi) is 2.64. The summed E-state index contributed by atoms with van der Waals surface area (Å²) in [7, 11) is 0. The van der Waals surface area contributed by atoms with Crippen LogP contribution in [0.4, 0.5) is 4.39 Å². The van der Waals surface area contributed by atoms with Crippen LogP contribution in [0.2, 0.25) is 0 Å². The Labute approximate surface area is 91.2 Å². The highest BCUT2D eigenvalue weighted by Gasteiger charge is 2.08. The summed E-state index contributed by atoms with van der Waals surface area (Å²) >= 11 is 0. The van der Waals surface area contributed by atoms with E-state index in [0.29, 0.717) is 11.3 Å². The molecular weight excluding hydrogens is 209 g/mol. The summed E-state index contributed by atoms with van der Waals surface area (Å²) in [5.74, 6) is -1.74. The zero-order valence-electron chi connectivity index (χ0n) is 8.22. The molecule has 0 aliphatic rings. The van der Waals surface area contributed by atoms with Crippen LogP contribution in [0.15, 0.2) is 42.6 Å². The standard InChI is InChI=1S/C12H8FNO2/c13-10-6-8(5-9(7-10)12(15)16)11-3-1-2-4-14-11/h1-7H,(H,15,16). The lowest BCUT2D eigenvalue weighted by molar-refractivity contribution is 0.0696. The number of hydrogen-bond donors (Lipinski definition) is 1. The molecule has 0 radical (unpaired) electrons. The Morgan fingerprint density at radius 2 is 2.06 bits per heavy atom. The number of aromatic carboxylic acids is 1. The number of nitrogens with zero attached hydrogens (tertiary/aromatic N) is 1. The molecule has 2 aromatic rings. The van der Waals surface area contributed by atoms with Crippen LogP contribution < -0.4 is 0 Å². The molecule has 1 aromatic carbocycles. The van der Waals surface area contributed by atoms with Crippen molar-refractivity contribution in [2.45, 2.75) is 0 Å². The van der Waals surface area contributed by atoms with Crippen molar-refractivity contribution in [1.29, 1.82) is 0 Å². The van der Waals surface area contributed by atoms with Gasteiger partial charge in [-0.3, -0.25) is 4.98 Å². The fourth-order valence-electron chi connectivity index (χ4n) is 1.39. The van der Waals surface area contributed by atoms with Gasteiger partial charge in [0.25, 0.3) is 0 Å². The largest absolute Gasteiger partial charge is 0.478 e. The van der Waals surface area contributed by atoms with Gasteiger partial charge in [0.1, 0.15) is 5.82 Å². The summed E-state index contributed by atoms with van der Waals surface area (Å²) in [5.41, 5.74) is 0.920. The van der Waals surface area contributed by atoms with Crippen molar-refractivity contribution < 1.29 is 14.3 Å². The molecule has 0 bridgehead atoms. The fraction of sp³-hybridized carbons (Fsp3) is 0. The molecule has 0 atom stereocenters. The molecule has 0 spiro atoms. The van der Waals surface area contributed by atoms with Gasteiger partial charge in [0, 0.05) is 11.8 Å². The molecule has 0 saturated heterocycles. The molecule has 16 heavy (non-hydrogen) atoms. The molecule has 0 saturated carbocycles. The minimum absolute atomic E-state index is 0.0827. The van der Waals surface area contributed by atoms with E-state index in [-0.39, 0.29) is 5.56 Å². The van der Waals surface area contributed by atoms with E-state index in [0.717, 1.165) is 6.07 Å². The smallest absolute Gasteiger partial charge is 0.335 e. The number of rotatable bonds is 2. The van der Waals surface area contributed by atoms with Crippen molar-refractivity contribution >= 4 is 5.97 Å². The maximum atomic E-state index is 13.2. The number of carboxylic acid groups (broad SMARTS) is 1. The third-order valence-electron chi connectivity index (χ3n) is 2.11. The molecule has 80 valence electrons.